The first-order valence-electron chi connectivity index (χ1n) is 7.93. The van der Waals surface area contributed by atoms with Crippen LogP contribution in [-0.4, -0.2) is 52.7 Å². The molecule has 0 aliphatic carbocycles. The molecule has 0 saturated carbocycles. The van der Waals surface area contributed by atoms with E-state index in [1.165, 1.54) is 38.0 Å². The van der Waals surface area contributed by atoms with E-state index in [1.54, 1.807) is 0 Å². The minimum absolute atomic E-state index is 0.467. The van der Waals surface area contributed by atoms with E-state index in [1.807, 2.05) is 0 Å². The predicted octanol–water partition coefficient (Wildman–Crippen LogP) is 1.98. The third kappa shape index (κ3) is 7.25. The lowest BCUT2D eigenvalue weighted by molar-refractivity contribution is -0.159. The van der Waals surface area contributed by atoms with E-state index in [2.05, 4.69) is 54.4 Å². The zero-order valence-corrected chi connectivity index (χ0v) is 13.7. The first-order chi connectivity index (χ1) is 10.9. The van der Waals surface area contributed by atoms with Crippen LogP contribution in [0.25, 0.3) is 0 Å². The Morgan fingerprint density at radius 2 is 1.70 bits per heavy atom. The van der Waals surface area contributed by atoms with Gasteiger partial charge >= 0.3 is 11.9 Å². The van der Waals surface area contributed by atoms with Gasteiger partial charge in [-0.3, -0.25) is 0 Å². The van der Waals surface area contributed by atoms with Crippen LogP contribution in [0.1, 0.15) is 38.3 Å². The summed E-state index contributed by atoms with van der Waals surface area (Å²) >= 11 is 0. The molecule has 23 heavy (non-hydrogen) atoms. The van der Waals surface area contributed by atoms with E-state index in [0.29, 0.717) is 12.1 Å². The molecule has 0 aromatic heterocycles. The number of likely N-dealkylation sites (tertiary alicyclic amines) is 1. The van der Waals surface area contributed by atoms with Crippen LogP contribution >= 0.6 is 0 Å². The van der Waals surface area contributed by atoms with E-state index < -0.39 is 11.9 Å². The first-order valence-corrected chi connectivity index (χ1v) is 7.93. The van der Waals surface area contributed by atoms with E-state index in [-0.39, 0.29) is 0 Å². The van der Waals surface area contributed by atoms with Crippen molar-refractivity contribution in [1.82, 2.24) is 10.2 Å². The maximum absolute atomic E-state index is 9.10. The van der Waals surface area contributed by atoms with Gasteiger partial charge in [-0.2, -0.15) is 0 Å². The van der Waals surface area contributed by atoms with Crippen LogP contribution in [0, 0.1) is 0 Å². The Hall–Kier alpha value is -1.92. The molecule has 1 aromatic rings. The van der Waals surface area contributed by atoms with Crippen molar-refractivity contribution in [2.75, 3.05) is 19.6 Å². The van der Waals surface area contributed by atoms with Crippen LogP contribution in [0.3, 0.4) is 0 Å². The van der Waals surface area contributed by atoms with E-state index in [4.69, 9.17) is 19.8 Å². The highest BCUT2D eigenvalue weighted by atomic mass is 16.4. The SMILES string of the molecule is CCN1CCC(NC(C)c2ccccc2)CC1.O=C(O)C(=O)O. The molecule has 1 aliphatic rings. The molecule has 0 radical (unpaired) electrons. The first kappa shape index (κ1) is 19.1. The van der Waals surface area contributed by atoms with E-state index in [9.17, 15) is 0 Å². The van der Waals surface area contributed by atoms with Gasteiger partial charge < -0.3 is 20.4 Å². The van der Waals surface area contributed by atoms with Crippen LogP contribution in [-0.2, 0) is 9.59 Å². The maximum atomic E-state index is 9.10. The number of carboxylic acids is 2. The van der Waals surface area contributed by atoms with E-state index in [0.717, 1.165) is 0 Å². The van der Waals surface area contributed by atoms with Gasteiger partial charge in [-0.25, -0.2) is 9.59 Å². The molecular weight excluding hydrogens is 296 g/mol. The van der Waals surface area contributed by atoms with Gasteiger partial charge in [0.15, 0.2) is 0 Å². The normalized spacial score (nSPS) is 17.0. The molecule has 1 aliphatic heterocycles. The largest absolute Gasteiger partial charge is 0.473 e. The van der Waals surface area contributed by atoms with Crippen molar-refractivity contribution in [3.8, 4) is 0 Å². The number of hydrogen-bond donors (Lipinski definition) is 3. The topological polar surface area (TPSA) is 89.9 Å². The summed E-state index contributed by atoms with van der Waals surface area (Å²) in [5.41, 5.74) is 1.39. The minimum Gasteiger partial charge on any atom is -0.473 e. The number of hydrogen-bond acceptors (Lipinski definition) is 4. The molecule has 0 bridgehead atoms. The second-order valence-electron chi connectivity index (χ2n) is 5.62. The number of piperidine rings is 1. The summed E-state index contributed by atoms with van der Waals surface area (Å²) in [5.74, 6) is -3.65. The summed E-state index contributed by atoms with van der Waals surface area (Å²) in [7, 11) is 0. The fraction of sp³-hybridized carbons (Fsp3) is 0.529. The monoisotopic (exact) mass is 322 g/mol. The molecule has 6 nitrogen and oxygen atoms in total. The molecule has 1 atom stereocenters. The van der Waals surface area contributed by atoms with Gasteiger partial charge in [0.1, 0.15) is 0 Å². The third-order valence-corrected chi connectivity index (χ3v) is 4.00. The summed E-state index contributed by atoms with van der Waals surface area (Å²) in [6, 6.07) is 11.9. The number of carboxylic acid groups (broad SMARTS) is 2. The summed E-state index contributed by atoms with van der Waals surface area (Å²) in [6.07, 6.45) is 2.57. The van der Waals surface area contributed by atoms with Crippen LogP contribution in [0.4, 0.5) is 0 Å². The number of nitrogens with one attached hydrogen (secondary N) is 1. The number of aliphatic carboxylic acids is 2. The van der Waals surface area contributed by atoms with Gasteiger partial charge in [0.2, 0.25) is 0 Å². The lowest BCUT2D eigenvalue weighted by Gasteiger charge is -2.33. The Kier molecular flexibility index (Phi) is 8.29. The minimum atomic E-state index is -1.82. The quantitative estimate of drug-likeness (QED) is 0.735. The highest BCUT2D eigenvalue weighted by molar-refractivity contribution is 6.27. The van der Waals surface area contributed by atoms with Crippen LogP contribution in [0.5, 0.6) is 0 Å². The molecule has 2 rings (SSSR count). The van der Waals surface area contributed by atoms with Crippen molar-refractivity contribution in [2.24, 2.45) is 0 Å². The van der Waals surface area contributed by atoms with Crippen LogP contribution in [0.15, 0.2) is 30.3 Å². The zero-order valence-electron chi connectivity index (χ0n) is 13.7. The maximum Gasteiger partial charge on any atom is 0.414 e. The molecule has 0 amide bonds. The lowest BCUT2D eigenvalue weighted by Crippen LogP contribution is -2.43. The molecule has 1 fully saturated rings. The van der Waals surface area contributed by atoms with Crippen molar-refractivity contribution in [1.29, 1.82) is 0 Å². The van der Waals surface area contributed by atoms with Crippen molar-refractivity contribution in [3.05, 3.63) is 35.9 Å². The van der Waals surface area contributed by atoms with Crippen LogP contribution in [0.2, 0.25) is 0 Å². The zero-order chi connectivity index (χ0) is 17.2. The van der Waals surface area contributed by atoms with Crippen molar-refractivity contribution >= 4 is 11.9 Å². The predicted molar refractivity (Wildman–Crippen MR) is 88.4 cm³/mol. The average Bonchev–Trinajstić information content (AvgIpc) is 2.57. The van der Waals surface area contributed by atoms with Gasteiger partial charge in [-0.1, -0.05) is 37.3 Å². The Morgan fingerprint density at radius 3 is 2.13 bits per heavy atom. The molecule has 1 aromatic carbocycles. The number of carbonyl (C=O) groups is 2. The second kappa shape index (κ2) is 9.97. The average molecular weight is 322 g/mol. The van der Waals surface area contributed by atoms with Crippen molar-refractivity contribution in [3.63, 3.8) is 0 Å². The molecule has 0 spiro atoms. The fourth-order valence-electron chi connectivity index (χ4n) is 2.61. The Morgan fingerprint density at radius 1 is 1.17 bits per heavy atom. The van der Waals surface area contributed by atoms with Gasteiger partial charge in [0, 0.05) is 12.1 Å². The Bertz CT molecular complexity index is 473. The highest BCUT2D eigenvalue weighted by Crippen LogP contribution is 2.16. The highest BCUT2D eigenvalue weighted by Gasteiger charge is 2.19. The van der Waals surface area contributed by atoms with Gasteiger partial charge in [-0.05, 0) is 45.0 Å². The van der Waals surface area contributed by atoms with Gasteiger partial charge in [-0.15, -0.1) is 0 Å². The van der Waals surface area contributed by atoms with Crippen molar-refractivity contribution < 1.29 is 19.8 Å². The lowest BCUT2D eigenvalue weighted by atomic mass is 10.0. The fourth-order valence-corrected chi connectivity index (χ4v) is 2.61. The van der Waals surface area contributed by atoms with Crippen molar-refractivity contribution in [2.45, 2.75) is 38.8 Å². The molecule has 3 N–H and O–H groups in total. The summed E-state index contributed by atoms with van der Waals surface area (Å²) in [4.78, 5) is 20.7. The number of nitrogens with zero attached hydrogens (tertiary/aromatic N) is 1. The Balaban J connectivity index is 0.000000379. The Labute approximate surface area is 137 Å². The molecule has 128 valence electrons. The van der Waals surface area contributed by atoms with Gasteiger partial charge in [0.25, 0.3) is 0 Å². The van der Waals surface area contributed by atoms with E-state index >= 15 is 0 Å². The molecule has 1 unspecified atom stereocenters. The standard InChI is InChI=1S/C15H24N2.C2H2O4/c1-3-17-11-9-15(10-12-17)16-13(2)14-7-5-4-6-8-14;3-1(4)2(5)6/h4-8,13,15-16H,3,9-12H2,1-2H3;(H,3,4)(H,5,6). The summed E-state index contributed by atoms with van der Waals surface area (Å²) in [5, 5.41) is 18.5. The second-order valence-corrected chi connectivity index (χ2v) is 5.62. The number of rotatable bonds is 4. The molecule has 6 heteroatoms. The third-order valence-electron chi connectivity index (χ3n) is 4.00. The van der Waals surface area contributed by atoms with Crippen LogP contribution < -0.4 is 5.32 Å². The smallest absolute Gasteiger partial charge is 0.414 e. The number of benzene rings is 1. The summed E-state index contributed by atoms with van der Waals surface area (Å²) in [6.45, 7) is 8.20. The summed E-state index contributed by atoms with van der Waals surface area (Å²) < 4.78 is 0. The molecule has 1 heterocycles. The van der Waals surface area contributed by atoms with Gasteiger partial charge in [0.05, 0.1) is 0 Å². The molecular formula is C17H26N2O4. The molecule has 1 saturated heterocycles.